The fourth-order valence-electron chi connectivity index (χ4n) is 4.18. The third-order valence-electron chi connectivity index (χ3n) is 6.10. The number of hydrogen-bond acceptors (Lipinski definition) is 5. The molecule has 2 aliphatic carbocycles. The first-order chi connectivity index (χ1) is 10.7. The van der Waals surface area contributed by atoms with E-state index in [1.807, 2.05) is 0 Å². The van der Waals surface area contributed by atoms with Gasteiger partial charge in [-0.15, -0.1) is 0 Å². The van der Waals surface area contributed by atoms with Crippen LogP contribution in [0.4, 0.5) is 0 Å². The first-order valence-electron chi connectivity index (χ1n) is 7.96. The Hall–Kier alpha value is -1.37. The lowest BCUT2D eigenvalue weighted by Crippen LogP contribution is -2.39. The molecule has 2 amide bonds. The Balaban J connectivity index is 1.55. The fraction of sp³-hybridized carbons (Fsp3) is 0.750. The lowest BCUT2D eigenvalue weighted by atomic mass is 9.70. The summed E-state index contributed by atoms with van der Waals surface area (Å²) < 4.78 is 5.72. The minimum atomic E-state index is -0.480. The third kappa shape index (κ3) is 2.79. The van der Waals surface area contributed by atoms with Gasteiger partial charge in [0, 0.05) is 5.41 Å². The fourth-order valence-corrected chi connectivity index (χ4v) is 4.85. The highest BCUT2D eigenvalue weighted by Gasteiger charge is 2.62. The van der Waals surface area contributed by atoms with Crippen LogP contribution in [0, 0.1) is 16.7 Å². The molecule has 0 unspecified atom stereocenters. The van der Waals surface area contributed by atoms with Crippen molar-refractivity contribution in [3.63, 3.8) is 0 Å². The lowest BCUT2D eigenvalue weighted by molar-refractivity contribution is -0.153. The Morgan fingerprint density at radius 1 is 1.39 bits per heavy atom. The van der Waals surface area contributed by atoms with Crippen LogP contribution in [0.15, 0.2) is 4.99 Å². The predicted molar refractivity (Wildman–Crippen MR) is 86.8 cm³/mol. The van der Waals surface area contributed by atoms with Crippen molar-refractivity contribution in [3.05, 3.63) is 0 Å². The molecular weight excluding hydrogens is 316 g/mol. The quantitative estimate of drug-likeness (QED) is 0.627. The van der Waals surface area contributed by atoms with Crippen molar-refractivity contribution in [1.29, 1.82) is 0 Å². The molecule has 2 bridgehead atoms. The van der Waals surface area contributed by atoms with Crippen molar-refractivity contribution in [1.82, 2.24) is 5.32 Å². The molecule has 2 saturated carbocycles. The first-order valence-corrected chi connectivity index (χ1v) is 8.94. The van der Waals surface area contributed by atoms with Crippen molar-refractivity contribution >= 4 is 34.7 Å². The first kappa shape index (κ1) is 16.5. The molecule has 23 heavy (non-hydrogen) atoms. The van der Waals surface area contributed by atoms with E-state index in [1.54, 1.807) is 0 Å². The molecule has 0 radical (unpaired) electrons. The molecule has 3 aliphatic rings. The van der Waals surface area contributed by atoms with Gasteiger partial charge < -0.3 is 10.1 Å². The monoisotopic (exact) mass is 338 g/mol. The highest BCUT2D eigenvalue weighted by Crippen LogP contribution is 2.66. The molecule has 2 fully saturated rings. The number of carbonyl (C=O) groups excluding carboxylic acids is 3. The summed E-state index contributed by atoms with van der Waals surface area (Å²) in [4.78, 5) is 38.3. The average Bonchev–Trinajstić information content (AvgIpc) is 2.77. The number of amides is 2. The Morgan fingerprint density at radius 3 is 2.70 bits per heavy atom. The van der Waals surface area contributed by atoms with Crippen LogP contribution in [-0.4, -0.2) is 34.8 Å². The van der Waals surface area contributed by atoms with Gasteiger partial charge in [0.25, 0.3) is 5.91 Å². The number of esters is 1. The lowest BCUT2D eigenvalue weighted by Gasteiger charge is -2.38. The second-order valence-electron chi connectivity index (χ2n) is 7.41. The van der Waals surface area contributed by atoms with Gasteiger partial charge in [0.05, 0.1) is 5.75 Å². The van der Waals surface area contributed by atoms with Crippen LogP contribution in [-0.2, 0) is 19.1 Å². The Bertz CT molecular complexity index is 601. The van der Waals surface area contributed by atoms with Crippen LogP contribution in [0.2, 0.25) is 0 Å². The smallest absolute Gasteiger partial charge is 0.316 e. The van der Waals surface area contributed by atoms with Gasteiger partial charge in [-0.1, -0.05) is 32.5 Å². The highest BCUT2D eigenvalue weighted by atomic mass is 32.2. The molecule has 0 aromatic heterocycles. The zero-order chi connectivity index (χ0) is 16.8. The zero-order valence-corrected chi connectivity index (χ0v) is 14.5. The maximum atomic E-state index is 12.1. The summed E-state index contributed by atoms with van der Waals surface area (Å²) in [6, 6.07) is 0. The van der Waals surface area contributed by atoms with Crippen LogP contribution in [0.3, 0.4) is 0 Å². The van der Waals surface area contributed by atoms with Gasteiger partial charge in [0.1, 0.15) is 12.5 Å². The molecule has 1 heterocycles. The summed E-state index contributed by atoms with van der Waals surface area (Å²) >= 11 is 1.04. The van der Waals surface area contributed by atoms with E-state index >= 15 is 0 Å². The molecule has 6 nitrogen and oxygen atoms in total. The van der Waals surface area contributed by atoms with E-state index in [-0.39, 0.29) is 46.2 Å². The molecular formula is C16H22N2O4S. The number of carbonyl (C=O) groups is 3. The van der Waals surface area contributed by atoms with E-state index in [0.29, 0.717) is 5.92 Å². The van der Waals surface area contributed by atoms with Crippen LogP contribution in [0.25, 0.3) is 0 Å². The number of fused-ring (bicyclic) bond motifs is 2. The third-order valence-corrected chi connectivity index (χ3v) is 6.95. The van der Waals surface area contributed by atoms with Crippen molar-refractivity contribution in [2.45, 2.75) is 52.6 Å². The predicted octanol–water partition coefficient (Wildman–Crippen LogP) is 1.88. The second kappa shape index (κ2) is 5.61. The number of nitrogens with zero attached hydrogens (tertiary/aromatic N) is 1. The summed E-state index contributed by atoms with van der Waals surface area (Å²) in [6.45, 7) is 6.76. The van der Waals surface area contributed by atoms with Crippen molar-refractivity contribution < 1.29 is 19.1 Å². The summed E-state index contributed by atoms with van der Waals surface area (Å²) in [5, 5.41) is 2.67. The zero-order valence-electron chi connectivity index (χ0n) is 13.7. The number of thioether (sulfide) groups is 1. The standard InChI is InChI=1S/C16H22N2O4S/c1-15(2)9-4-5-16(15,3)10(6-9)22-13(21)8-23-14-17-11(19)7-12(20)18-14/h9-10H,4-8H2,1-3H3,(H,17,18,19,20)/t9-,10+,16-/m0/s1. The normalized spacial score (nSPS) is 35.0. The molecule has 7 heteroatoms. The van der Waals surface area contributed by atoms with E-state index in [0.717, 1.165) is 24.6 Å². The average molecular weight is 338 g/mol. The van der Waals surface area contributed by atoms with Crippen molar-refractivity contribution in [2.75, 3.05) is 5.75 Å². The molecule has 1 aliphatic heterocycles. The van der Waals surface area contributed by atoms with Gasteiger partial charge >= 0.3 is 5.97 Å². The molecule has 3 atom stereocenters. The van der Waals surface area contributed by atoms with Gasteiger partial charge in [-0.3, -0.25) is 14.4 Å². The SMILES string of the molecule is CC1(C)[C@H]2CC[C@@]1(C)[C@H](OC(=O)CSC1=NC(=O)CC(=O)N1)C2. The van der Waals surface area contributed by atoms with Crippen LogP contribution in [0.5, 0.6) is 0 Å². The molecule has 1 N–H and O–H groups in total. The van der Waals surface area contributed by atoms with E-state index in [2.05, 4.69) is 31.1 Å². The van der Waals surface area contributed by atoms with Gasteiger partial charge in [0.2, 0.25) is 5.91 Å². The molecule has 0 aromatic rings. The Morgan fingerprint density at radius 2 is 2.13 bits per heavy atom. The van der Waals surface area contributed by atoms with Gasteiger partial charge in [0.15, 0.2) is 5.17 Å². The van der Waals surface area contributed by atoms with Crippen molar-refractivity contribution in [2.24, 2.45) is 21.7 Å². The summed E-state index contributed by atoms with van der Waals surface area (Å²) in [5.41, 5.74) is 0.226. The van der Waals surface area contributed by atoms with E-state index in [4.69, 9.17) is 4.74 Å². The summed E-state index contributed by atoms with van der Waals surface area (Å²) in [6.07, 6.45) is 2.94. The van der Waals surface area contributed by atoms with Gasteiger partial charge in [-0.05, 0) is 30.6 Å². The number of ether oxygens (including phenoxy) is 1. The van der Waals surface area contributed by atoms with E-state index in [1.165, 1.54) is 6.42 Å². The number of rotatable bonds is 3. The summed E-state index contributed by atoms with van der Waals surface area (Å²) in [7, 11) is 0. The van der Waals surface area contributed by atoms with Crippen LogP contribution in [0.1, 0.15) is 46.5 Å². The van der Waals surface area contributed by atoms with Gasteiger partial charge in [-0.2, -0.15) is 4.99 Å². The van der Waals surface area contributed by atoms with Crippen molar-refractivity contribution in [3.8, 4) is 0 Å². The molecule has 0 saturated heterocycles. The maximum Gasteiger partial charge on any atom is 0.316 e. The highest BCUT2D eigenvalue weighted by molar-refractivity contribution is 8.14. The number of hydrogen-bond donors (Lipinski definition) is 1. The number of nitrogens with one attached hydrogen (secondary N) is 1. The Kier molecular flexibility index (Phi) is 4.02. The molecule has 0 spiro atoms. The molecule has 0 aromatic carbocycles. The molecule has 126 valence electrons. The van der Waals surface area contributed by atoms with Crippen LogP contribution < -0.4 is 5.32 Å². The van der Waals surface area contributed by atoms with E-state index in [9.17, 15) is 14.4 Å². The Labute approximate surface area is 139 Å². The summed E-state index contributed by atoms with van der Waals surface area (Å²) in [5.74, 6) is -0.531. The second-order valence-corrected chi connectivity index (χ2v) is 8.38. The number of amidine groups is 1. The maximum absolute atomic E-state index is 12.1. The van der Waals surface area contributed by atoms with Gasteiger partial charge in [-0.25, -0.2) is 0 Å². The molecule has 3 rings (SSSR count). The number of aliphatic imine (C=N–C) groups is 1. The minimum absolute atomic E-state index is 0.0323. The largest absolute Gasteiger partial charge is 0.461 e. The van der Waals surface area contributed by atoms with Crippen LogP contribution >= 0.6 is 11.8 Å². The minimum Gasteiger partial charge on any atom is -0.461 e. The topological polar surface area (TPSA) is 84.8 Å². The van der Waals surface area contributed by atoms with E-state index < -0.39 is 5.91 Å².